The van der Waals surface area contributed by atoms with E-state index < -0.39 is 5.60 Å². The fraction of sp³-hybridized carbons (Fsp3) is 0.727. The molecule has 1 aliphatic rings. The van der Waals surface area contributed by atoms with E-state index in [1.165, 1.54) is 0 Å². The second-order valence-electron chi connectivity index (χ2n) is 4.58. The highest BCUT2D eigenvalue weighted by atomic mass is 16.6. The van der Waals surface area contributed by atoms with Crippen LogP contribution in [0, 0.1) is 18.3 Å². The summed E-state index contributed by atoms with van der Waals surface area (Å²) in [4.78, 5) is 13.2. The zero-order valence-corrected chi connectivity index (χ0v) is 9.04. The minimum Gasteiger partial charge on any atom is -0.444 e. The van der Waals surface area contributed by atoms with E-state index in [-0.39, 0.29) is 12.0 Å². The fourth-order valence-corrected chi connectivity index (χ4v) is 1.39. The Labute approximate surface area is 85.4 Å². The molecule has 0 spiro atoms. The van der Waals surface area contributed by atoms with E-state index in [4.69, 9.17) is 11.2 Å². The van der Waals surface area contributed by atoms with Crippen LogP contribution < -0.4 is 0 Å². The molecule has 1 amide bonds. The van der Waals surface area contributed by atoms with Crippen LogP contribution in [0.5, 0.6) is 0 Å². The molecule has 0 radical (unpaired) electrons. The van der Waals surface area contributed by atoms with E-state index in [2.05, 4.69) is 5.92 Å². The van der Waals surface area contributed by atoms with Gasteiger partial charge in [-0.2, -0.15) is 0 Å². The van der Waals surface area contributed by atoms with Crippen LogP contribution in [0.15, 0.2) is 0 Å². The lowest BCUT2D eigenvalue weighted by Gasteiger charge is -2.24. The number of ether oxygens (including phenoxy) is 1. The predicted molar refractivity (Wildman–Crippen MR) is 54.7 cm³/mol. The van der Waals surface area contributed by atoms with Gasteiger partial charge in [0.15, 0.2) is 0 Å². The molecule has 1 atom stereocenters. The molecule has 1 saturated heterocycles. The van der Waals surface area contributed by atoms with E-state index in [0.29, 0.717) is 13.1 Å². The molecular formula is C11H17NO2. The highest BCUT2D eigenvalue weighted by molar-refractivity contribution is 5.68. The fourth-order valence-electron chi connectivity index (χ4n) is 1.39. The van der Waals surface area contributed by atoms with Crippen molar-refractivity contribution in [3.05, 3.63) is 0 Å². The third kappa shape index (κ3) is 2.95. The summed E-state index contributed by atoms with van der Waals surface area (Å²) in [5.74, 6) is 2.86. The number of hydrogen-bond acceptors (Lipinski definition) is 2. The van der Waals surface area contributed by atoms with E-state index in [0.717, 1.165) is 6.42 Å². The molecule has 3 nitrogen and oxygen atoms in total. The van der Waals surface area contributed by atoms with Crippen molar-refractivity contribution in [3.63, 3.8) is 0 Å². The van der Waals surface area contributed by atoms with Crippen LogP contribution in [0.25, 0.3) is 0 Å². The first kappa shape index (κ1) is 10.9. The smallest absolute Gasteiger partial charge is 0.410 e. The summed E-state index contributed by atoms with van der Waals surface area (Å²) in [6.07, 6.45) is 5.92. The molecule has 1 aliphatic heterocycles. The molecule has 0 N–H and O–H groups in total. The number of amides is 1. The predicted octanol–water partition coefficient (Wildman–Crippen LogP) is 1.88. The molecule has 0 aromatic carbocycles. The lowest BCUT2D eigenvalue weighted by molar-refractivity contribution is 0.0291. The van der Waals surface area contributed by atoms with Gasteiger partial charge in [-0.1, -0.05) is 0 Å². The van der Waals surface area contributed by atoms with Gasteiger partial charge in [0, 0.05) is 19.0 Å². The molecule has 1 rings (SSSR count). The summed E-state index contributed by atoms with van der Waals surface area (Å²) < 4.78 is 5.23. The van der Waals surface area contributed by atoms with Crippen LogP contribution in [-0.4, -0.2) is 29.7 Å². The standard InChI is InChI=1S/C11H17NO2/c1-5-9-6-7-12(8-9)10(13)14-11(2,3)4/h1,9H,6-8H2,2-4H3. The summed E-state index contributed by atoms with van der Waals surface area (Å²) >= 11 is 0. The van der Waals surface area contributed by atoms with Crippen LogP contribution >= 0.6 is 0 Å². The maximum atomic E-state index is 11.6. The Morgan fingerprint density at radius 1 is 1.57 bits per heavy atom. The Bertz CT molecular complexity index is 259. The van der Waals surface area contributed by atoms with Crippen molar-refractivity contribution < 1.29 is 9.53 Å². The Morgan fingerprint density at radius 3 is 2.64 bits per heavy atom. The van der Waals surface area contributed by atoms with Gasteiger partial charge < -0.3 is 9.64 Å². The molecular weight excluding hydrogens is 178 g/mol. The van der Waals surface area contributed by atoms with E-state index >= 15 is 0 Å². The Morgan fingerprint density at radius 2 is 2.21 bits per heavy atom. The second kappa shape index (κ2) is 3.91. The van der Waals surface area contributed by atoms with Gasteiger partial charge in [-0.25, -0.2) is 4.79 Å². The first-order chi connectivity index (χ1) is 6.42. The topological polar surface area (TPSA) is 29.5 Å². The van der Waals surface area contributed by atoms with E-state index in [1.54, 1.807) is 4.90 Å². The normalized spacial score (nSPS) is 21.9. The summed E-state index contributed by atoms with van der Waals surface area (Å²) in [5.41, 5.74) is -0.425. The summed E-state index contributed by atoms with van der Waals surface area (Å²) in [7, 11) is 0. The zero-order chi connectivity index (χ0) is 10.8. The van der Waals surface area contributed by atoms with Gasteiger partial charge in [-0.3, -0.25) is 0 Å². The van der Waals surface area contributed by atoms with Gasteiger partial charge in [0.1, 0.15) is 5.60 Å². The summed E-state index contributed by atoms with van der Waals surface area (Å²) in [6.45, 7) is 6.92. The maximum absolute atomic E-state index is 11.6. The number of terminal acetylenes is 1. The third-order valence-corrected chi connectivity index (χ3v) is 2.08. The molecule has 14 heavy (non-hydrogen) atoms. The second-order valence-corrected chi connectivity index (χ2v) is 4.58. The molecule has 78 valence electrons. The summed E-state index contributed by atoms with van der Waals surface area (Å²) in [6, 6.07) is 0. The Hall–Kier alpha value is -1.17. The van der Waals surface area contributed by atoms with E-state index in [9.17, 15) is 4.79 Å². The largest absolute Gasteiger partial charge is 0.444 e. The SMILES string of the molecule is C#CC1CCN(C(=O)OC(C)(C)C)C1. The minimum absolute atomic E-state index is 0.197. The number of likely N-dealkylation sites (tertiary alicyclic amines) is 1. The first-order valence-electron chi connectivity index (χ1n) is 4.86. The van der Waals surface area contributed by atoms with Crippen LogP contribution in [0.4, 0.5) is 4.79 Å². The molecule has 1 heterocycles. The number of carbonyl (C=O) groups is 1. The molecule has 0 saturated carbocycles. The molecule has 3 heteroatoms. The van der Waals surface area contributed by atoms with Crippen molar-refractivity contribution >= 4 is 6.09 Å². The molecule has 0 bridgehead atoms. The summed E-state index contributed by atoms with van der Waals surface area (Å²) in [5, 5.41) is 0. The van der Waals surface area contributed by atoms with Gasteiger partial charge in [0.2, 0.25) is 0 Å². The first-order valence-corrected chi connectivity index (χ1v) is 4.86. The van der Waals surface area contributed by atoms with Gasteiger partial charge in [0.05, 0.1) is 0 Å². The molecule has 0 aromatic heterocycles. The average Bonchev–Trinajstić information content (AvgIpc) is 2.48. The van der Waals surface area contributed by atoms with Gasteiger partial charge >= 0.3 is 6.09 Å². The molecule has 1 unspecified atom stereocenters. The minimum atomic E-state index is -0.425. The van der Waals surface area contributed by atoms with Gasteiger partial charge in [0.25, 0.3) is 0 Å². The lowest BCUT2D eigenvalue weighted by Crippen LogP contribution is -2.35. The van der Waals surface area contributed by atoms with E-state index in [1.807, 2.05) is 20.8 Å². The number of carbonyl (C=O) groups excluding carboxylic acids is 1. The van der Waals surface area contributed by atoms with Crippen LogP contribution in [-0.2, 0) is 4.74 Å². The Kier molecular flexibility index (Phi) is 3.05. The zero-order valence-electron chi connectivity index (χ0n) is 9.04. The highest BCUT2D eigenvalue weighted by Crippen LogP contribution is 2.18. The maximum Gasteiger partial charge on any atom is 0.410 e. The van der Waals surface area contributed by atoms with Gasteiger partial charge in [-0.15, -0.1) is 12.3 Å². The monoisotopic (exact) mass is 195 g/mol. The quantitative estimate of drug-likeness (QED) is 0.552. The van der Waals surface area contributed by atoms with Crippen LogP contribution in [0.2, 0.25) is 0 Å². The van der Waals surface area contributed by atoms with Crippen molar-refractivity contribution in [2.24, 2.45) is 5.92 Å². The number of nitrogens with zero attached hydrogens (tertiary/aromatic N) is 1. The molecule has 1 fully saturated rings. The average molecular weight is 195 g/mol. The van der Waals surface area contributed by atoms with Crippen molar-refractivity contribution in [3.8, 4) is 12.3 Å². The Balaban J connectivity index is 2.45. The van der Waals surface area contributed by atoms with Crippen molar-refractivity contribution in [2.75, 3.05) is 13.1 Å². The van der Waals surface area contributed by atoms with Crippen molar-refractivity contribution in [1.29, 1.82) is 0 Å². The molecule has 0 aliphatic carbocycles. The lowest BCUT2D eigenvalue weighted by atomic mass is 10.1. The highest BCUT2D eigenvalue weighted by Gasteiger charge is 2.28. The van der Waals surface area contributed by atoms with Gasteiger partial charge in [-0.05, 0) is 27.2 Å². The number of hydrogen-bond donors (Lipinski definition) is 0. The third-order valence-electron chi connectivity index (χ3n) is 2.08. The van der Waals surface area contributed by atoms with Crippen LogP contribution in [0.3, 0.4) is 0 Å². The molecule has 0 aromatic rings. The number of rotatable bonds is 0. The van der Waals surface area contributed by atoms with Crippen LogP contribution in [0.1, 0.15) is 27.2 Å². The van der Waals surface area contributed by atoms with Crippen molar-refractivity contribution in [1.82, 2.24) is 4.90 Å². The van der Waals surface area contributed by atoms with Crippen molar-refractivity contribution in [2.45, 2.75) is 32.8 Å².